The fraction of sp³-hybridized carbons (Fsp3) is 0.600. The number of carbonyl (C=O) groups excluding carboxylic acids is 2. The largest absolute Gasteiger partial charge is 0.353 e. The van der Waals surface area contributed by atoms with Gasteiger partial charge in [-0.25, -0.2) is 4.39 Å². The Balaban J connectivity index is 1.11. The predicted octanol–water partition coefficient (Wildman–Crippen LogP) is 4.02. The summed E-state index contributed by atoms with van der Waals surface area (Å²) < 4.78 is 13.0. The highest BCUT2D eigenvalue weighted by Crippen LogP contribution is 2.53. The first kappa shape index (κ1) is 19.8. The predicted molar refractivity (Wildman–Crippen MR) is 114 cm³/mol. The van der Waals surface area contributed by atoms with E-state index in [1.165, 1.54) is 44.2 Å². The minimum absolute atomic E-state index is 0.0207. The van der Waals surface area contributed by atoms with Gasteiger partial charge in [0.25, 0.3) is 0 Å². The maximum atomic E-state index is 13.0. The molecule has 1 aliphatic heterocycles. The van der Waals surface area contributed by atoms with Crippen molar-refractivity contribution in [2.45, 2.75) is 51.0 Å². The van der Waals surface area contributed by atoms with Gasteiger partial charge in [-0.1, -0.05) is 12.1 Å². The smallest absolute Gasteiger partial charge is 0.246 e. The third-order valence-corrected chi connectivity index (χ3v) is 8.00. The Bertz CT molecular complexity index is 798. The normalized spacial score (nSPS) is 33.2. The lowest BCUT2D eigenvalue weighted by atomic mass is 9.54. The molecule has 4 aliphatic carbocycles. The fourth-order valence-corrected chi connectivity index (χ4v) is 6.65. The topological polar surface area (TPSA) is 49.4 Å². The highest BCUT2D eigenvalue weighted by molar-refractivity contribution is 5.92. The minimum atomic E-state index is -0.285. The van der Waals surface area contributed by atoms with E-state index in [2.05, 4.69) is 5.32 Å². The Morgan fingerprint density at radius 1 is 0.933 bits per heavy atom. The lowest BCUT2D eigenvalue weighted by molar-refractivity contribution is -0.134. The van der Waals surface area contributed by atoms with Gasteiger partial charge in [0.05, 0.1) is 0 Å². The molecule has 0 atom stereocenters. The number of hydrogen-bond acceptors (Lipinski definition) is 2. The number of rotatable bonds is 4. The lowest BCUT2D eigenvalue weighted by Gasteiger charge is -2.54. The minimum Gasteiger partial charge on any atom is -0.353 e. The average Bonchev–Trinajstić information content (AvgIpc) is 2.75. The zero-order valence-electron chi connectivity index (χ0n) is 17.4. The maximum absolute atomic E-state index is 13.0. The first-order valence-electron chi connectivity index (χ1n) is 11.6. The van der Waals surface area contributed by atoms with E-state index in [0.717, 1.165) is 30.2 Å². The summed E-state index contributed by atoms with van der Waals surface area (Å²) in [4.78, 5) is 27.2. The molecule has 0 spiro atoms. The van der Waals surface area contributed by atoms with E-state index in [0.29, 0.717) is 31.0 Å². The molecule has 1 aromatic carbocycles. The van der Waals surface area contributed by atoms with Crippen LogP contribution in [0.15, 0.2) is 30.3 Å². The van der Waals surface area contributed by atoms with Crippen molar-refractivity contribution in [1.82, 2.24) is 10.2 Å². The van der Waals surface area contributed by atoms with Crippen LogP contribution in [0.1, 0.15) is 50.5 Å². The van der Waals surface area contributed by atoms with Gasteiger partial charge in [-0.05, 0) is 92.4 Å². The van der Waals surface area contributed by atoms with Crippen molar-refractivity contribution >= 4 is 17.9 Å². The molecule has 5 heteroatoms. The molecule has 0 radical (unpaired) electrons. The molecule has 160 valence electrons. The number of halogens is 1. The van der Waals surface area contributed by atoms with Gasteiger partial charge in [-0.2, -0.15) is 0 Å². The summed E-state index contributed by atoms with van der Waals surface area (Å²) in [5, 5.41) is 3.44. The van der Waals surface area contributed by atoms with Gasteiger partial charge in [0, 0.05) is 31.1 Å². The molecule has 30 heavy (non-hydrogen) atoms. The highest BCUT2D eigenvalue weighted by atomic mass is 19.1. The van der Waals surface area contributed by atoms with Gasteiger partial charge < -0.3 is 10.2 Å². The van der Waals surface area contributed by atoms with Crippen molar-refractivity contribution in [2.75, 3.05) is 13.1 Å². The molecule has 4 nitrogen and oxygen atoms in total. The van der Waals surface area contributed by atoms with E-state index in [1.807, 2.05) is 4.90 Å². The molecule has 0 unspecified atom stereocenters. The maximum Gasteiger partial charge on any atom is 0.246 e. The van der Waals surface area contributed by atoms with E-state index in [9.17, 15) is 14.0 Å². The highest BCUT2D eigenvalue weighted by Gasteiger charge is 2.49. The molecule has 4 bridgehead atoms. The molecule has 1 saturated heterocycles. The second-order valence-corrected chi connectivity index (χ2v) is 9.95. The van der Waals surface area contributed by atoms with Crippen molar-refractivity contribution in [3.63, 3.8) is 0 Å². The van der Waals surface area contributed by atoms with Crippen molar-refractivity contribution in [3.8, 4) is 0 Å². The molecule has 6 rings (SSSR count). The number of benzene rings is 1. The summed E-state index contributed by atoms with van der Waals surface area (Å²) in [7, 11) is 0. The number of nitrogens with one attached hydrogen (secondary N) is 1. The van der Waals surface area contributed by atoms with Gasteiger partial charge >= 0.3 is 0 Å². The monoisotopic (exact) mass is 410 g/mol. The third kappa shape index (κ3) is 4.03. The van der Waals surface area contributed by atoms with Crippen LogP contribution in [-0.2, 0) is 9.59 Å². The summed E-state index contributed by atoms with van der Waals surface area (Å²) in [6, 6.07) is 6.47. The van der Waals surface area contributed by atoms with Crippen molar-refractivity contribution < 1.29 is 14.0 Å². The van der Waals surface area contributed by atoms with Crippen LogP contribution in [0.4, 0.5) is 4.39 Å². The van der Waals surface area contributed by atoms with E-state index < -0.39 is 0 Å². The molecule has 1 heterocycles. The molecular formula is C25H31FN2O2. The summed E-state index contributed by atoms with van der Waals surface area (Å²) in [6.45, 7) is 1.23. The summed E-state index contributed by atoms with van der Waals surface area (Å²) in [5.74, 6) is 3.13. The zero-order chi connectivity index (χ0) is 20.7. The van der Waals surface area contributed by atoms with Gasteiger partial charge in [0.1, 0.15) is 5.82 Å². The Labute approximate surface area is 177 Å². The van der Waals surface area contributed by atoms with Gasteiger partial charge in [0.2, 0.25) is 11.8 Å². The summed E-state index contributed by atoms with van der Waals surface area (Å²) in [6.07, 6.45) is 11.4. The molecule has 2 amide bonds. The molecule has 4 saturated carbocycles. The Morgan fingerprint density at radius 2 is 1.53 bits per heavy atom. The summed E-state index contributed by atoms with van der Waals surface area (Å²) >= 11 is 0. The quantitative estimate of drug-likeness (QED) is 0.763. The van der Waals surface area contributed by atoms with Crippen molar-refractivity contribution in [1.29, 1.82) is 0 Å². The Morgan fingerprint density at radius 3 is 2.13 bits per heavy atom. The van der Waals surface area contributed by atoms with Gasteiger partial charge in [-0.3, -0.25) is 9.59 Å². The second-order valence-electron chi connectivity index (χ2n) is 9.95. The number of hydrogen-bond donors (Lipinski definition) is 1. The zero-order valence-corrected chi connectivity index (χ0v) is 17.4. The Hall–Kier alpha value is -2.17. The van der Waals surface area contributed by atoms with Gasteiger partial charge in [-0.15, -0.1) is 0 Å². The fourth-order valence-electron chi connectivity index (χ4n) is 6.65. The molecule has 1 N–H and O–H groups in total. The van der Waals surface area contributed by atoms with Crippen LogP contribution < -0.4 is 5.32 Å². The van der Waals surface area contributed by atoms with Crippen LogP contribution in [0, 0.1) is 35.4 Å². The lowest BCUT2D eigenvalue weighted by Crippen LogP contribution is -2.57. The standard InChI is InChI=1S/C25H31FN2O2/c26-22-4-1-16(2-5-22)3-6-23(29)28-9-7-19(8-10-28)25(30)27-24-20-12-17-11-18(14-20)15-21(24)13-17/h1-6,17-21,24H,7-15H2,(H,27,30)/b6-3+. The van der Waals surface area contributed by atoms with Crippen LogP contribution in [0.25, 0.3) is 6.08 Å². The molecule has 1 aromatic rings. The molecule has 5 aliphatic rings. The van der Waals surface area contributed by atoms with E-state index in [4.69, 9.17) is 0 Å². The van der Waals surface area contributed by atoms with Gasteiger partial charge in [0.15, 0.2) is 0 Å². The summed E-state index contributed by atoms with van der Waals surface area (Å²) in [5.41, 5.74) is 0.801. The van der Waals surface area contributed by atoms with E-state index in [-0.39, 0.29) is 23.5 Å². The van der Waals surface area contributed by atoms with Crippen LogP contribution in [0.5, 0.6) is 0 Å². The first-order chi connectivity index (χ1) is 14.5. The Kier molecular flexibility index (Phi) is 5.38. The third-order valence-electron chi connectivity index (χ3n) is 8.00. The second kappa shape index (κ2) is 8.16. The van der Waals surface area contributed by atoms with Crippen molar-refractivity contribution in [3.05, 3.63) is 41.7 Å². The number of piperidine rings is 1. The first-order valence-corrected chi connectivity index (χ1v) is 11.6. The number of amides is 2. The average molecular weight is 411 g/mol. The molecular weight excluding hydrogens is 379 g/mol. The van der Waals surface area contributed by atoms with Crippen LogP contribution in [0.3, 0.4) is 0 Å². The van der Waals surface area contributed by atoms with E-state index in [1.54, 1.807) is 24.3 Å². The van der Waals surface area contributed by atoms with Crippen LogP contribution in [0.2, 0.25) is 0 Å². The van der Waals surface area contributed by atoms with Crippen LogP contribution in [-0.4, -0.2) is 35.8 Å². The SMILES string of the molecule is O=C(NC1C2CC3CC(C2)CC1C3)C1CCN(C(=O)/C=C/c2ccc(F)cc2)CC1. The van der Waals surface area contributed by atoms with Crippen LogP contribution >= 0.6 is 0 Å². The number of likely N-dealkylation sites (tertiary alicyclic amines) is 1. The number of carbonyl (C=O) groups is 2. The molecule has 5 fully saturated rings. The van der Waals surface area contributed by atoms with E-state index >= 15 is 0 Å². The van der Waals surface area contributed by atoms with Crippen molar-refractivity contribution in [2.24, 2.45) is 29.6 Å². The molecule has 0 aromatic heterocycles. The number of nitrogens with zero attached hydrogens (tertiary/aromatic N) is 1.